The van der Waals surface area contributed by atoms with E-state index in [0.717, 1.165) is 37.5 Å². The van der Waals surface area contributed by atoms with Gasteiger partial charge in [0.2, 0.25) is 0 Å². The Hall–Kier alpha value is -2.34. The highest BCUT2D eigenvalue weighted by Crippen LogP contribution is 2.28. The van der Waals surface area contributed by atoms with E-state index in [0.29, 0.717) is 25.4 Å². The Morgan fingerprint density at radius 2 is 1.73 bits per heavy atom. The van der Waals surface area contributed by atoms with Crippen LogP contribution in [0, 0.1) is 5.92 Å². The second-order valence-electron chi connectivity index (χ2n) is 6.17. The molecular weight excluding hydrogens is 336 g/mol. The van der Waals surface area contributed by atoms with Crippen molar-refractivity contribution in [3.05, 3.63) is 36.9 Å². The molecule has 0 heterocycles. The first-order valence-electron chi connectivity index (χ1n) is 8.89. The molecule has 0 saturated heterocycles. The number of carbonyl (C=O) groups excluding carboxylic acids is 2. The van der Waals surface area contributed by atoms with Crippen molar-refractivity contribution in [1.82, 2.24) is 0 Å². The Morgan fingerprint density at radius 3 is 2.35 bits per heavy atom. The van der Waals surface area contributed by atoms with Crippen LogP contribution in [-0.4, -0.2) is 38.4 Å². The lowest BCUT2D eigenvalue weighted by molar-refractivity contribution is -0.141. The molecular formula is C20H26O6. The van der Waals surface area contributed by atoms with Crippen LogP contribution in [0.25, 0.3) is 0 Å². The predicted molar refractivity (Wildman–Crippen MR) is 96.1 cm³/mol. The van der Waals surface area contributed by atoms with Crippen LogP contribution in [0.2, 0.25) is 0 Å². The van der Waals surface area contributed by atoms with Gasteiger partial charge in [-0.15, -0.1) is 0 Å². The van der Waals surface area contributed by atoms with Gasteiger partial charge in [0.1, 0.15) is 11.5 Å². The van der Waals surface area contributed by atoms with Gasteiger partial charge in [0.25, 0.3) is 0 Å². The smallest absolute Gasteiger partial charge is 0.330 e. The zero-order valence-electron chi connectivity index (χ0n) is 15.1. The van der Waals surface area contributed by atoms with E-state index in [9.17, 15) is 9.59 Å². The Labute approximate surface area is 154 Å². The number of ether oxygens (including phenoxy) is 4. The Kier molecular flexibility index (Phi) is 8.15. The van der Waals surface area contributed by atoms with Gasteiger partial charge in [-0.1, -0.05) is 6.58 Å². The van der Waals surface area contributed by atoms with Gasteiger partial charge in [0, 0.05) is 12.5 Å². The van der Waals surface area contributed by atoms with Crippen molar-refractivity contribution in [2.24, 2.45) is 5.92 Å². The summed E-state index contributed by atoms with van der Waals surface area (Å²) in [5, 5.41) is 0. The van der Waals surface area contributed by atoms with Gasteiger partial charge >= 0.3 is 11.9 Å². The van der Waals surface area contributed by atoms with Crippen molar-refractivity contribution >= 4 is 11.9 Å². The molecule has 6 heteroatoms. The molecule has 0 radical (unpaired) electrons. The zero-order chi connectivity index (χ0) is 18.8. The standard InChI is InChI=1S/C20H26O6/c1-3-19(21)25-14-4-13-24-17-7-5-15(6-8-17)20(22)26-18-11-9-16(23-2)10-12-18/h3,9-12,15,17H,1,4-8,13-14H2,2H3. The fraction of sp³-hybridized carbons (Fsp3) is 0.500. The minimum Gasteiger partial charge on any atom is -0.497 e. The third kappa shape index (κ3) is 6.52. The van der Waals surface area contributed by atoms with Gasteiger partial charge in [-0.05, 0) is 49.9 Å². The van der Waals surface area contributed by atoms with Crippen molar-refractivity contribution in [2.75, 3.05) is 20.3 Å². The van der Waals surface area contributed by atoms with Crippen LogP contribution in [0.15, 0.2) is 36.9 Å². The number of benzene rings is 1. The van der Waals surface area contributed by atoms with Gasteiger partial charge in [-0.3, -0.25) is 4.79 Å². The molecule has 0 aromatic heterocycles. The quantitative estimate of drug-likeness (QED) is 0.290. The molecule has 26 heavy (non-hydrogen) atoms. The number of hydrogen-bond acceptors (Lipinski definition) is 6. The number of methoxy groups -OCH3 is 1. The summed E-state index contributed by atoms with van der Waals surface area (Å²) >= 11 is 0. The predicted octanol–water partition coefficient (Wildman–Crippen LogP) is 3.30. The van der Waals surface area contributed by atoms with Gasteiger partial charge in [-0.2, -0.15) is 0 Å². The molecule has 0 amide bonds. The molecule has 0 unspecified atom stereocenters. The van der Waals surface area contributed by atoms with E-state index in [4.69, 9.17) is 18.9 Å². The van der Waals surface area contributed by atoms with E-state index < -0.39 is 5.97 Å². The van der Waals surface area contributed by atoms with E-state index >= 15 is 0 Å². The highest BCUT2D eigenvalue weighted by atomic mass is 16.5. The molecule has 1 aromatic carbocycles. The van der Waals surface area contributed by atoms with Crippen LogP contribution in [0.3, 0.4) is 0 Å². The van der Waals surface area contributed by atoms with Gasteiger partial charge in [0.05, 0.1) is 32.3 Å². The Balaban J connectivity index is 1.63. The maximum atomic E-state index is 12.3. The molecule has 0 bridgehead atoms. The summed E-state index contributed by atoms with van der Waals surface area (Å²) in [7, 11) is 1.59. The number of hydrogen-bond donors (Lipinski definition) is 0. The Bertz CT molecular complexity index is 587. The highest BCUT2D eigenvalue weighted by Gasteiger charge is 2.28. The van der Waals surface area contributed by atoms with Gasteiger partial charge < -0.3 is 18.9 Å². The van der Waals surface area contributed by atoms with Crippen molar-refractivity contribution < 1.29 is 28.5 Å². The molecule has 0 atom stereocenters. The van der Waals surface area contributed by atoms with Crippen molar-refractivity contribution in [1.29, 1.82) is 0 Å². The maximum Gasteiger partial charge on any atom is 0.330 e. The molecule has 0 spiro atoms. The van der Waals surface area contributed by atoms with Crippen LogP contribution in [0.1, 0.15) is 32.1 Å². The topological polar surface area (TPSA) is 71.1 Å². The van der Waals surface area contributed by atoms with Crippen molar-refractivity contribution in [2.45, 2.75) is 38.2 Å². The van der Waals surface area contributed by atoms with E-state index in [2.05, 4.69) is 6.58 Å². The molecule has 1 aromatic rings. The third-order valence-electron chi connectivity index (χ3n) is 4.34. The van der Waals surface area contributed by atoms with Crippen LogP contribution >= 0.6 is 0 Å². The zero-order valence-corrected chi connectivity index (χ0v) is 15.1. The lowest BCUT2D eigenvalue weighted by Gasteiger charge is -2.27. The van der Waals surface area contributed by atoms with E-state index in [-0.39, 0.29) is 18.0 Å². The number of esters is 2. The van der Waals surface area contributed by atoms with Crippen LogP contribution in [-0.2, 0) is 19.1 Å². The normalized spacial score (nSPS) is 19.4. The molecule has 1 saturated carbocycles. The lowest BCUT2D eigenvalue weighted by atomic mass is 9.87. The first-order chi connectivity index (χ1) is 12.6. The molecule has 6 nitrogen and oxygen atoms in total. The molecule has 1 aliphatic rings. The number of carbonyl (C=O) groups is 2. The monoisotopic (exact) mass is 362 g/mol. The highest BCUT2D eigenvalue weighted by molar-refractivity contribution is 5.81. The largest absolute Gasteiger partial charge is 0.497 e. The van der Waals surface area contributed by atoms with Crippen LogP contribution in [0.4, 0.5) is 0 Å². The van der Waals surface area contributed by atoms with Gasteiger partial charge in [-0.25, -0.2) is 4.79 Å². The van der Waals surface area contributed by atoms with Crippen molar-refractivity contribution in [3.8, 4) is 11.5 Å². The van der Waals surface area contributed by atoms with Crippen molar-refractivity contribution in [3.63, 3.8) is 0 Å². The molecule has 1 aliphatic carbocycles. The third-order valence-corrected chi connectivity index (χ3v) is 4.34. The fourth-order valence-electron chi connectivity index (χ4n) is 2.85. The van der Waals surface area contributed by atoms with Gasteiger partial charge in [0.15, 0.2) is 0 Å². The second-order valence-corrected chi connectivity index (χ2v) is 6.17. The second kappa shape index (κ2) is 10.6. The van der Waals surface area contributed by atoms with Crippen LogP contribution < -0.4 is 9.47 Å². The minimum absolute atomic E-state index is 0.0921. The fourth-order valence-corrected chi connectivity index (χ4v) is 2.85. The molecule has 2 rings (SSSR count). The molecule has 1 fully saturated rings. The molecule has 0 aliphatic heterocycles. The average Bonchev–Trinajstić information content (AvgIpc) is 2.68. The lowest BCUT2D eigenvalue weighted by Crippen LogP contribution is -2.29. The molecule has 0 N–H and O–H groups in total. The summed E-state index contributed by atoms with van der Waals surface area (Å²) in [6.07, 6.45) is 5.11. The summed E-state index contributed by atoms with van der Waals surface area (Å²) < 4.78 is 21.2. The summed E-state index contributed by atoms with van der Waals surface area (Å²) in [6.45, 7) is 4.20. The summed E-state index contributed by atoms with van der Waals surface area (Å²) in [5.74, 6) is 0.557. The Morgan fingerprint density at radius 1 is 1.08 bits per heavy atom. The number of rotatable bonds is 9. The van der Waals surface area contributed by atoms with E-state index in [1.54, 1.807) is 31.4 Å². The summed E-state index contributed by atoms with van der Waals surface area (Å²) in [4.78, 5) is 23.2. The SMILES string of the molecule is C=CC(=O)OCCCOC1CCC(C(=O)Oc2ccc(OC)cc2)CC1. The molecule has 142 valence electrons. The average molecular weight is 362 g/mol. The van der Waals surface area contributed by atoms with E-state index in [1.807, 2.05) is 0 Å². The first-order valence-corrected chi connectivity index (χ1v) is 8.89. The van der Waals surface area contributed by atoms with E-state index in [1.165, 1.54) is 0 Å². The first kappa shape index (κ1) is 20.0. The summed E-state index contributed by atoms with van der Waals surface area (Å²) in [6, 6.07) is 6.98. The van der Waals surface area contributed by atoms with Crippen LogP contribution in [0.5, 0.6) is 11.5 Å². The minimum atomic E-state index is -0.416. The maximum absolute atomic E-state index is 12.3. The summed E-state index contributed by atoms with van der Waals surface area (Å²) in [5.41, 5.74) is 0.